The van der Waals surface area contributed by atoms with Crippen molar-refractivity contribution in [1.29, 1.82) is 0 Å². The molecule has 106 valence electrons. The molecule has 1 fully saturated rings. The van der Waals surface area contributed by atoms with Gasteiger partial charge >= 0.3 is 0 Å². The summed E-state index contributed by atoms with van der Waals surface area (Å²) < 4.78 is 0. The minimum Gasteiger partial charge on any atom is -0.357 e. The van der Waals surface area contributed by atoms with E-state index >= 15 is 0 Å². The van der Waals surface area contributed by atoms with E-state index in [4.69, 9.17) is 0 Å². The molecule has 0 saturated heterocycles. The van der Waals surface area contributed by atoms with Crippen molar-refractivity contribution in [1.82, 2.24) is 16.0 Å². The van der Waals surface area contributed by atoms with Crippen molar-refractivity contribution >= 4 is 35.8 Å². The molecule has 1 aliphatic rings. The molecule has 0 aromatic heterocycles. The summed E-state index contributed by atoms with van der Waals surface area (Å²) in [6, 6.07) is 0.516. The van der Waals surface area contributed by atoms with E-state index in [1.165, 1.54) is 25.7 Å². The van der Waals surface area contributed by atoms with Gasteiger partial charge in [-0.3, -0.25) is 4.79 Å². The fourth-order valence-electron chi connectivity index (χ4n) is 1.99. The lowest BCUT2D eigenvalue weighted by Gasteiger charge is -2.16. The Kier molecular flexibility index (Phi) is 10.1. The van der Waals surface area contributed by atoms with Crippen molar-refractivity contribution in [2.45, 2.75) is 45.6 Å². The van der Waals surface area contributed by atoms with Gasteiger partial charge in [0.05, 0.1) is 0 Å². The maximum atomic E-state index is 11.3. The van der Waals surface area contributed by atoms with Crippen LogP contribution in [0.1, 0.15) is 39.5 Å². The van der Waals surface area contributed by atoms with Gasteiger partial charge < -0.3 is 16.0 Å². The minimum absolute atomic E-state index is 0. The van der Waals surface area contributed by atoms with E-state index in [2.05, 4.69) is 20.9 Å². The molecule has 1 saturated carbocycles. The van der Waals surface area contributed by atoms with Crippen molar-refractivity contribution in [2.75, 3.05) is 19.6 Å². The summed E-state index contributed by atoms with van der Waals surface area (Å²) in [5.74, 6) is 0.724. The molecular weight excluding hydrogens is 343 g/mol. The Morgan fingerprint density at radius 2 is 1.78 bits per heavy atom. The van der Waals surface area contributed by atoms with Crippen molar-refractivity contribution < 1.29 is 4.79 Å². The summed E-state index contributed by atoms with van der Waals surface area (Å²) in [5.41, 5.74) is 0. The maximum absolute atomic E-state index is 11.3. The minimum atomic E-state index is -0.0314. The summed E-state index contributed by atoms with van der Waals surface area (Å²) >= 11 is 0. The number of guanidine groups is 1. The summed E-state index contributed by atoms with van der Waals surface area (Å²) in [6.07, 6.45) is 4.97. The standard InChI is InChI=1S/C12H24N4O.HI/c1-3-13-11(17)9-15-12(14-4-2)16-10-7-5-6-8-10;/h10H,3-9H2,1-2H3,(H,13,17)(H2,14,15,16);1H. The smallest absolute Gasteiger partial charge is 0.241 e. The largest absolute Gasteiger partial charge is 0.357 e. The lowest BCUT2D eigenvalue weighted by Crippen LogP contribution is -2.43. The Morgan fingerprint density at radius 1 is 1.17 bits per heavy atom. The molecule has 1 rings (SSSR count). The molecule has 3 N–H and O–H groups in total. The van der Waals surface area contributed by atoms with Crippen LogP contribution in [0.15, 0.2) is 4.99 Å². The number of nitrogens with one attached hydrogen (secondary N) is 3. The highest BCUT2D eigenvalue weighted by Gasteiger charge is 2.15. The second-order valence-corrected chi connectivity index (χ2v) is 4.27. The molecule has 0 spiro atoms. The molecule has 0 unspecified atom stereocenters. The van der Waals surface area contributed by atoms with E-state index in [1.807, 2.05) is 13.8 Å². The molecule has 6 heteroatoms. The number of carbonyl (C=O) groups excluding carboxylic acids is 1. The molecule has 0 radical (unpaired) electrons. The maximum Gasteiger partial charge on any atom is 0.241 e. The number of nitrogens with zero attached hydrogens (tertiary/aromatic N) is 1. The van der Waals surface area contributed by atoms with E-state index in [0.29, 0.717) is 12.6 Å². The highest BCUT2D eigenvalue weighted by Crippen LogP contribution is 2.17. The van der Waals surface area contributed by atoms with Gasteiger partial charge in [0.1, 0.15) is 6.54 Å². The Labute approximate surface area is 127 Å². The molecule has 0 aliphatic heterocycles. The number of aliphatic imine (C=N–C) groups is 1. The van der Waals surface area contributed by atoms with Crippen LogP contribution < -0.4 is 16.0 Å². The van der Waals surface area contributed by atoms with Gasteiger partial charge in [0.15, 0.2) is 5.96 Å². The number of rotatable bonds is 5. The third-order valence-electron chi connectivity index (χ3n) is 2.79. The average Bonchev–Trinajstić information content (AvgIpc) is 2.79. The predicted molar refractivity (Wildman–Crippen MR) is 85.5 cm³/mol. The normalized spacial score (nSPS) is 16.0. The van der Waals surface area contributed by atoms with Crippen LogP contribution in [0.5, 0.6) is 0 Å². The topological polar surface area (TPSA) is 65.5 Å². The molecule has 0 aromatic carbocycles. The molecule has 0 aromatic rings. The van der Waals surface area contributed by atoms with Crippen molar-refractivity contribution in [2.24, 2.45) is 4.99 Å². The zero-order valence-corrected chi connectivity index (χ0v) is 13.6. The zero-order valence-electron chi connectivity index (χ0n) is 11.3. The highest BCUT2D eigenvalue weighted by molar-refractivity contribution is 14.0. The first-order chi connectivity index (χ1) is 8.26. The molecule has 1 aliphatic carbocycles. The zero-order chi connectivity index (χ0) is 12.5. The van der Waals surface area contributed by atoms with Gasteiger partial charge in [0, 0.05) is 19.1 Å². The van der Waals surface area contributed by atoms with E-state index < -0.39 is 0 Å². The first kappa shape index (κ1) is 17.5. The second kappa shape index (κ2) is 10.4. The fourth-order valence-corrected chi connectivity index (χ4v) is 1.99. The van der Waals surface area contributed by atoms with Crippen molar-refractivity contribution in [3.8, 4) is 0 Å². The number of hydrogen-bond acceptors (Lipinski definition) is 2. The Hall–Kier alpha value is -0.530. The number of amides is 1. The molecule has 0 bridgehead atoms. The van der Waals surface area contributed by atoms with Crippen molar-refractivity contribution in [3.63, 3.8) is 0 Å². The van der Waals surface area contributed by atoms with Crippen LogP contribution in [0.25, 0.3) is 0 Å². The number of likely N-dealkylation sites (N-methyl/N-ethyl adjacent to an activating group) is 1. The lowest BCUT2D eigenvalue weighted by molar-refractivity contribution is -0.119. The fraction of sp³-hybridized carbons (Fsp3) is 0.833. The van der Waals surface area contributed by atoms with Gasteiger partial charge in [-0.2, -0.15) is 0 Å². The Bertz CT molecular complexity index is 265. The Balaban J connectivity index is 0.00000289. The first-order valence-corrected chi connectivity index (χ1v) is 6.57. The average molecular weight is 368 g/mol. The Morgan fingerprint density at radius 3 is 2.33 bits per heavy atom. The van der Waals surface area contributed by atoms with Gasteiger partial charge in [-0.1, -0.05) is 12.8 Å². The van der Waals surface area contributed by atoms with Crippen LogP contribution in [-0.4, -0.2) is 37.5 Å². The summed E-state index contributed by atoms with van der Waals surface area (Å²) in [7, 11) is 0. The quantitative estimate of drug-likeness (QED) is 0.389. The van der Waals surface area contributed by atoms with Crippen LogP contribution in [0.4, 0.5) is 0 Å². The van der Waals surface area contributed by atoms with Crippen LogP contribution in [0.3, 0.4) is 0 Å². The van der Waals surface area contributed by atoms with E-state index in [9.17, 15) is 4.79 Å². The number of carbonyl (C=O) groups is 1. The molecule has 5 nitrogen and oxygen atoms in total. The van der Waals surface area contributed by atoms with E-state index in [1.54, 1.807) is 0 Å². The van der Waals surface area contributed by atoms with Crippen molar-refractivity contribution in [3.05, 3.63) is 0 Å². The summed E-state index contributed by atoms with van der Waals surface area (Å²) in [4.78, 5) is 15.6. The van der Waals surface area contributed by atoms with Crippen LogP contribution in [-0.2, 0) is 4.79 Å². The molecule has 0 atom stereocenters. The molecule has 18 heavy (non-hydrogen) atoms. The van der Waals surface area contributed by atoms with Gasteiger partial charge in [-0.15, -0.1) is 24.0 Å². The summed E-state index contributed by atoms with van der Waals surface area (Å²) in [6.45, 7) is 5.59. The molecular formula is C12H25IN4O. The number of hydrogen-bond donors (Lipinski definition) is 3. The van der Waals surface area contributed by atoms with E-state index in [-0.39, 0.29) is 36.4 Å². The monoisotopic (exact) mass is 368 g/mol. The first-order valence-electron chi connectivity index (χ1n) is 6.57. The van der Waals surface area contributed by atoms with Gasteiger partial charge in [-0.25, -0.2) is 4.99 Å². The number of halogens is 1. The van der Waals surface area contributed by atoms with Crippen LogP contribution >= 0.6 is 24.0 Å². The van der Waals surface area contributed by atoms with Gasteiger partial charge in [-0.05, 0) is 26.7 Å². The SMILES string of the molecule is CCNC(=O)CN=C(NCC)NC1CCCC1.I. The third-order valence-corrected chi connectivity index (χ3v) is 2.79. The predicted octanol–water partition coefficient (Wildman–Crippen LogP) is 1.24. The lowest BCUT2D eigenvalue weighted by atomic mass is 10.2. The van der Waals surface area contributed by atoms with Gasteiger partial charge in [0.25, 0.3) is 0 Å². The van der Waals surface area contributed by atoms with Crippen LogP contribution in [0, 0.1) is 0 Å². The highest BCUT2D eigenvalue weighted by atomic mass is 127. The molecule has 0 heterocycles. The van der Waals surface area contributed by atoms with E-state index in [0.717, 1.165) is 12.5 Å². The second-order valence-electron chi connectivity index (χ2n) is 4.27. The van der Waals surface area contributed by atoms with Gasteiger partial charge in [0.2, 0.25) is 5.91 Å². The molecule has 1 amide bonds. The summed E-state index contributed by atoms with van der Waals surface area (Å²) in [5, 5.41) is 9.27. The van der Waals surface area contributed by atoms with Crippen LogP contribution in [0.2, 0.25) is 0 Å². The third kappa shape index (κ3) is 7.03.